The van der Waals surface area contributed by atoms with Crippen molar-refractivity contribution in [2.75, 3.05) is 32.8 Å². The molecule has 2 amide bonds. The number of ether oxygens (including phenoxy) is 1. The third-order valence-electron chi connectivity index (χ3n) is 4.61. The van der Waals surface area contributed by atoms with Gasteiger partial charge in [-0.3, -0.25) is 14.5 Å². The third-order valence-corrected chi connectivity index (χ3v) is 4.86. The first-order valence-electron chi connectivity index (χ1n) is 9.29. The van der Waals surface area contributed by atoms with Gasteiger partial charge in [-0.15, -0.1) is 0 Å². The van der Waals surface area contributed by atoms with Crippen LogP contribution in [0.5, 0.6) is 0 Å². The molecule has 1 saturated heterocycles. The van der Waals surface area contributed by atoms with E-state index in [4.69, 9.17) is 16.3 Å². The predicted molar refractivity (Wildman–Crippen MR) is 108 cm³/mol. The summed E-state index contributed by atoms with van der Waals surface area (Å²) in [5, 5.41) is 6.05. The number of hydrogen-bond acceptors (Lipinski definition) is 4. The van der Waals surface area contributed by atoms with Gasteiger partial charge in [-0.1, -0.05) is 35.9 Å². The van der Waals surface area contributed by atoms with Crippen LogP contribution >= 0.6 is 11.6 Å². The van der Waals surface area contributed by atoms with Crippen molar-refractivity contribution in [3.05, 3.63) is 70.2 Å². The summed E-state index contributed by atoms with van der Waals surface area (Å²) in [6.07, 6.45) is 0. The standard InChI is InChI=1S/C21H24ClN3O3/c22-19-7-5-16(6-8-19)21(27)24-14-20(26)23-13-17-3-1-2-4-18(17)15-25-9-11-28-12-10-25/h1-8H,9-15H2,(H,23,26)(H,24,27). The van der Waals surface area contributed by atoms with Gasteiger partial charge in [0.25, 0.3) is 5.91 Å². The number of morpholine rings is 1. The van der Waals surface area contributed by atoms with Crippen LogP contribution in [0, 0.1) is 0 Å². The lowest BCUT2D eigenvalue weighted by Crippen LogP contribution is -2.37. The Morgan fingerprint density at radius 2 is 1.64 bits per heavy atom. The second-order valence-electron chi connectivity index (χ2n) is 6.62. The molecule has 0 unspecified atom stereocenters. The molecule has 2 aromatic carbocycles. The number of carbonyl (C=O) groups is 2. The lowest BCUT2D eigenvalue weighted by atomic mass is 10.1. The summed E-state index contributed by atoms with van der Waals surface area (Å²) in [6, 6.07) is 14.6. The minimum atomic E-state index is -0.306. The van der Waals surface area contributed by atoms with Gasteiger partial charge in [0.1, 0.15) is 0 Å². The van der Waals surface area contributed by atoms with Gasteiger partial charge in [0, 0.05) is 36.8 Å². The van der Waals surface area contributed by atoms with Crippen molar-refractivity contribution in [2.45, 2.75) is 13.1 Å². The number of nitrogens with zero attached hydrogens (tertiary/aromatic N) is 1. The first-order chi connectivity index (χ1) is 13.6. The number of amides is 2. The maximum Gasteiger partial charge on any atom is 0.251 e. The van der Waals surface area contributed by atoms with Crippen molar-refractivity contribution in [1.29, 1.82) is 0 Å². The van der Waals surface area contributed by atoms with E-state index in [1.807, 2.05) is 18.2 Å². The fraction of sp³-hybridized carbons (Fsp3) is 0.333. The zero-order chi connectivity index (χ0) is 19.8. The van der Waals surface area contributed by atoms with Crippen molar-refractivity contribution < 1.29 is 14.3 Å². The normalized spacial score (nSPS) is 14.5. The van der Waals surface area contributed by atoms with Crippen molar-refractivity contribution in [3.63, 3.8) is 0 Å². The molecular weight excluding hydrogens is 378 g/mol. The Labute approximate surface area is 169 Å². The molecule has 1 heterocycles. The SMILES string of the molecule is O=C(CNC(=O)c1ccc(Cl)cc1)NCc1ccccc1CN1CCOCC1. The van der Waals surface area contributed by atoms with E-state index >= 15 is 0 Å². The van der Waals surface area contributed by atoms with Crippen LogP contribution in [0.1, 0.15) is 21.5 Å². The molecular formula is C21H24ClN3O3. The van der Waals surface area contributed by atoms with E-state index in [1.54, 1.807) is 24.3 Å². The minimum absolute atomic E-state index is 0.0763. The van der Waals surface area contributed by atoms with Crippen LogP contribution in [0.3, 0.4) is 0 Å². The van der Waals surface area contributed by atoms with E-state index in [9.17, 15) is 9.59 Å². The Morgan fingerprint density at radius 1 is 0.964 bits per heavy atom. The van der Waals surface area contributed by atoms with Crippen molar-refractivity contribution >= 4 is 23.4 Å². The van der Waals surface area contributed by atoms with Crippen LogP contribution in [0.25, 0.3) is 0 Å². The van der Waals surface area contributed by atoms with Gasteiger partial charge in [0.2, 0.25) is 5.91 Å². The average molecular weight is 402 g/mol. The summed E-state index contributed by atoms with van der Waals surface area (Å²) < 4.78 is 5.39. The molecule has 2 aromatic rings. The fourth-order valence-electron chi connectivity index (χ4n) is 3.00. The quantitative estimate of drug-likeness (QED) is 0.746. The van der Waals surface area contributed by atoms with Gasteiger partial charge < -0.3 is 15.4 Å². The average Bonchev–Trinajstić information content (AvgIpc) is 2.72. The summed E-state index contributed by atoms with van der Waals surface area (Å²) >= 11 is 5.81. The van der Waals surface area contributed by atoms with Crippen molar-refractivity contribution in [1.82, 2.24) is 15.5 Å². The molecule has 0 aromatic heterocycles. The molecule has 148 valence electrons. The van der Waals surface area contributed by atoms with E-state index in [1.165, 1.54) is 5.56 Å². The topological polar surface area (TPSA) is 70.7 Å². The first-order valence-corrected chi connectivity index (χ1v) is 9.67. The van der Waals surface area contributed by atoms with Gasteiger partial charge in [-0.25, -0.2) is 0 Å². The molecule has 0 radical (unpaired) electrons. The van der Waals surface area contributed by atoms with E-state index in [2.05, 4.69) is 21.6 Å². The fourth-order valence-corrected chi connectivity index (χ4v) is 3.13. The van der Waals surface area contributed by atoms with Crippen molar-refractivity contribution in [2.24, 2.45) is 0 Å². The molecule has 28 heavy (non-hydrogen) atoms. The molecule has 1 aliphatic heterocycles. The van der Waals surface area contributed by atoms with Crippen LogP contribution in [-0.4, -0.2) is 49.6 Å². The maximum atomic E-state index is 12.1. The van der Waals surface area contributed by atoms with E-state index in [0.29, 0.717) is 17.1 Å². The summed E-state index contributed by atoms with van der Waals surface area (Å²) in [7, 11) is 0. The molecule has 0 spiro atoms. The zero-order valence-electron chi connectivity index (χ0n) is 15.6. The Morgan fingerprint density at radius 3 is 2.36 bits per heavy atom. The summed E-state index contributed by atoms with van der Waals surface area (Å²) in [6.45, 7) is 4.53. The Kier molecular flexibility index (Phi) is 7.42. The molecule has 0 atom stereocenters. The van der Waals surface area contributed by atoms with Gasteiger partial charge >= 0.3 is 0 Å². The van der Waals surface area contributed by atoms with Gasteiger partial charge in [-0.05, 0) is 35.4 Å². The summed E-state index contributed by atoms with van der Waals surface area (Å²) in [4.78, 5) is 26.5. The van der Waals surface area contributed by atoms with Crippen LogP contribution < -0.4 is 10.6 Å². The number of carbonyl (C=O) groups excluding carboxylic acids is 2. The number of halogens is 1. The van der Waals surface area contributed by atoms with E-state index in [0.717, 1.165) is 38.4 Å². The van der Waals surface area contributed by atoms with Crippen molar-refractivity contribution in [3.8, 4) is 0 Å². The Hall–Kier alpha value is -2.41. The Balaban J connectivity index is 1.47. The first kappa shape index (κ1) is 20.3. The second kappa shape index (κ2) is 10.2. The molecule has 1 aliphatic rings. The van der Waals surface area contributed by atoms with Crippen LogP contribution in [-0.2, 0) is 22.6 Å². The molecule has 0 aliphatic carbocycles. The molecule has 3 rings (SSSR count). The van der Waals surface area contributed by atoms with Crippen LogP contribution in [0.2, 0.25) is 5.02 Å². The monoisotopic (exact) mass is 401 g/mol. The molecule has 0 saturated carbocycles. The number of rotatable bonds is 7. The van der Waals surface area contributed by atoms with Crippen LogP contribution in [0.4, 0.5) is 0 Å². The molecule has 0 bridgehead atoms. The lowest BCUT2D eigenvalue weighted by Gasteiger charge is -2.27. The Bertz CT molecular complexity index is 805. The molecule has 2 N–H and O–H groups in total. The number of nitrogens with one attached hydrogen (secondary N) is 2. The highest BCUT2D eigenvalue weighted by atomic mass is 35.5. The van der Waals surface area contributed by atoms with Crippen LogP contribution in [0.15, 0.2) is 48.5 Å². The largest absolute Gasteiger partial charge is 0.379 e. The lowest BCUT2D eigenvalue weighted by molar-refractivity contribution is -0.120. The number of hydrogen-bond donors (Lipinski definition) is 2. The second-order valence-corrected chi connectivity index (χ2v) is 7.06. The highest BCUT2D eigenvalue weighted by molar-refractivity contribution is 6.30. The minimum Gasteiger partial charge on any atom is -0.379 e. The van der Waals surface area contributed by atoms with Gasteiger partial charge in [0.15, 0.2) is 0 Å². The smallest absolute Gasteiger partial charge is 0.251 e. The van der Waals surface area contributed by atoms with E-state index in [-0.39, 0.29) is 18.4 Å². The molecule has 6 nitrogen and oxygen atoms in total. The summed E-state index contributed by atoms with van der Waals surface area (Å²) in [5.74, 6) is -0.539. The third kappa shape index (κ3) is 6.05. The zero-order valence-corrected chi connectivity index (χ0v) is 16.4. The highest BCUT2D eigenvalue weighted by Gasteiger charge is 2.13. The summed E-state index contributed by atoms with van der Waals surface area (Å²) in [5.41, 5.74) is 2.73. The number of benzene rings is 2. The highest BCUT2D eigenvalue weighted by Crippen LogP contribution is 2.13. The maximum absolute atomic E-state index is 12.1. The predicted octanol–water partition coefficient (Wildman–Crippen LogP) is 2.22. The van der Waals surface area contributed by atoms with Gasteiger partial charge in [0.05, 0.1) is 19.8 Å². The van der Waals surface area contributed by atoms with E-state index < -0.39 is 0 Å². The van der Waals surface area contributed by atoms with Gasteiger partial charge in [-0.2, -0.15) is 0 Å². The molecule has 1 fully saturated rings. The molecule has 7 heteroatoms.